The van der Waals surface area contributed by atoms with Gasteiger partial charge in [0.25, 0.3) is 5.91 Å². The molecule has 0 aromatic heterocycles. The molecule has 2 amide bonds. The van der Waals surface area contributed by atoms with Crippen molar-refractivity contribution in [2.45, 2.75) is 19.1 Å². The van der Waals surface area contributed by atoms with Gasteiger partial charge in [0.05, 0.1) is 19.1 Å². The maximum absolute atomic E-state index is 13.2. The molecule has 0 unspecified atom stereocenters. The Morgan fingerprint density at radius 3 is 2.57 bits per heavy atom. The van der Waals surface area contributed by atoms with Gasteiger partial charge in [-0.1, -0.05) is 42.5 Å². The summed E-state index contributed by atoms with van der Waals surface area (Å²) in [5, 5.41) is 2.69. The van der Waals surface area contributed by atoms with Gasteiger partial charge in [-0.2, -0.15) is 0 Å². The molecule has 7 nitrogen and oxygen atoms in total. The molecule has 1 fully saturated rings. The molecule has 1 saturated heterocycles. The number of carbonyl (C=O) groups is 3. The van der Waals surface area contributed by atoms with Gasteiger partial charge in [-0.25, -0.2) is 0 Å². The molecular formula is C21H22N2O5. The van der Waals surface area contributed by atoms with Crippen LogP contribution in [0.4, 0.5) is 0 Å². The van der Waals surface area contributed by atoms with Gasteiger partial charge in [0.1, 0.15) is 18.4 Å². The molecule has 7 heteroatoms. The van der Waals surface area contributed by atoms with E-state index in [-0.39, 0.29) is 18.2 Å². The number of piperazine rings is 1. The van der Waals surface area contributed by atoms with Crippen LogP contribution in [0.2, 0.25) is 0 Å². The third kappa shape index (κ3) is 4.49. The average molecular weight is 382 g/mol. The van der Waals surface area contributed by atoms with E-state index in [9.17, 15) is 14.4 Å². The number of carbonyl (C=O) groups excluding carboxylic acids is 3. The highest BCUT2D eigenvalue weighted by molar-refractivity contribution is 6.01. The number of ether oxygens (including phenoxy) is 2. The van der Waals surface area contributed by atoms with Crippen LogP contribution in [-0.2, 0) is 20.9 Å². The summed E-state index contributed by atoms with van der Waals surface area (Å²) in [7, 11) is 1.25. The number of hydrogen-bond donors (Lipinski definition) is 1. The number of rotatable bonds is 6. The number of nitrogens with one attached hydrogen (secondary N) is 1. The van der Waals surface area contributed by atoms with Gasteiger partial charge in [-0.3, -0.25) is 14.4 Å². The molecule has 146 valence electrons. The molecule has 0 aliphatic carbocycles. The van der Waals surface area contributed by atoms with E-state index in [1.165, 1.54) is 12.0 Å². The van der Waals surface area contributed by atoms with Crippen LogP contribution in [0.25, 0.3) is 0 Å². The first-order valence-corrected chi connectivity index (χ1v) is 9.01. The quantitative estimate of drug-likeness (QED) is 0.770. The number of amides is 2. The average Bonchev–Trinajstić information content (AvgIpc) is 2.74. The summed E-state index contributed by atoms with van der Waals surface area (Å²) in [5.74, 6) is -0.840. The second-order valence-corrected chi connectivity index (χ2v) is 6.36. The highest BCUT2D eigenvalue weighted by Crippen LogP contribution is 2.23. The van der Waals surface area contributed by atoms with Crippen molar-refractivity contribution in [3.8, 4) is 5.75 Å². The van der Waals surface area contributed by atoms with E-state index >= 15 is 0 Å². The fourth-order valence-electron chi connectivity index (χ4n) is 3.06. The first kappa shape index (κ1) is 19.4. The molecule has 1 atom stereocenters. The SMILES string of the molecule is COC(=O)C[C@@H]1C(=O)NCCN1C(=O)c1ccccc1OCc1ccccc1. The Morgan fingerprint density at radius 1 is 1.11 bits per heavy atom. The zero-order valence-corrected chi connectivity index (χ0v) is 15.6. The van der Waals surface area contributed by atoms with Crippen LogP contribution < -0.4 is 10.1 Å². The van der Waals surface area contributed by atoms with Crippen molar-refractivity contribution < 1.29 is 23.9 Å². The van der Waals surface area contributed by atoms with Crippen molar-refractivity contribution in [2.24, 2.45) is 0 Å². The molecular weight excluding hydrogens is 360 g/mol. The Hall–Kier alpha value is -3.35. The summed E-state index contributed by atoms with van der Waals surface area (Å²) in [6.45, 7) is 0.950. The van der Waals surface area contributed by atoms with Crippen molar-refractivity contribution in [2.75, 3.05) is 20.2 Å². The molecule has 1 aliphatic heterocycles. The Balaban J connectivity index is 1.80. The molecule has 1 heterocycles. The van der Waals surface area contributed by atoms with Gasteiger partial charge in [-0.15, -0.1) is 0 Å². The van der Waals surface area contributed by atoms with E-state index in [1.54, 1.807) is 24.3 Å². The van der Waals surface area contributed by atoms with Crippen LogP contribution in [0.1, 0.15) is 22.3 Å². The maximum atomic E-state index is 13.2. The molecule has 2 aromatic carbocycles. The predicted molar refractivity (Wildman–Crippen MR) is 102 cm³/mol. The Bertz CT molecular complexity index is 853. The molecule has 1 N–H and O–H groups in total. The molecule has 0 saturated carbocycles. The molecule has 0 radical (unpaired) electrons. The number of methoxy groups -OCH3 is 1. The van der Waals surface area contributed by atoms with Gasteiger partial charge < -0.3 is 19.7 Å². The van der Waals surface area contributed by atoms with Gasteiger partial charge in [0.2, 0.25) is 5.91 Å². The van der Waals surface area contributed by atoms with Crippen LogP contribution in [0.3, 0.4) is 0 Å². The summed E-state index contributed by atoms with van der Waals surface area (Å²) < 4.78 is 10.5. The standard InChI is InChI=1S/C21H22N2O5/c1-27-19(24)13-17-20(25)22-11-12-23(17)21(26)16-9-5-6-10-18(16)28-14-15-7-3-2-4-8-15/h2-10,17H,11-14H2,1H3,(H,22,25)/t17-/m1/s1. The lowest BCUT2D eigenvalue weighted by Crippen LogP contribution is -2.57. The lowest BCUT2D eigenvalue weighted by molar-refractivity contribution is -0.145. The van der Waals surface area contributed by atoms with Gasteiger partial charge >= 0.3 is 5.97 Å². The van der Waals surface area contributed by atoms with Crippen LogP contribution >= 0.6 is 0 Å². The van der Waals surface area contributed by atoms with Crippen molar-refractivity contribution in [1.82, 2.24) is 10.2 Å². The summed E-state index contributed by atoms with van der Waals surface area (Å²) in [6, 6.07) is 15.6. The summed E-state index contributed by atoms with van der Waals surface area (Å²) in [6.07, 6.45) is -0.193. The number of esters is 1. The summed E-state index contributed by atoms with van der Waals surface area (Å²) in [5.41, 5.74) is 1.33. The van der Waals surface area contributed by atoms with E-state index in [0.717, 1.165) is 5.56 Å². The molecule has 0 bridgehead atoms. The first-order valence-electron chi connectivity index (χ1n) is 9.01. The number of para-hydroxylation sites is 1. The molecule has 2 aromatic rings. The largest absolute Gasteiger partial charge is 0.488 e. The van der Waals surface area contributed by atoms with Crippen molar-refractivity contribution >= 4 is 17.8 Å². The Labute approximate surface area is 163 Å². The van der Waals surface area contributed by atoms with Crippen LogP contribution in [0.5, 0.6) is 5.75 Å². The highest BCUT2D eigenvalue weighted by Gasteiger charge is 2.36. The molecule has 0 spiro atoms. The monoisotopic (exact) mass is 382 g/mol. The van der Waals surface area contributed by atoms with Crippen molar-refractivity contribution in [1.29, 1.82) is 0 Å². The lowest BCUT2D eigenvalue weighted by atomic mass is 10.1. The fraction of sp³-hybridized carbons (Fsp3) is 0.286. The summed E-state index contributed by atoms with van der Waals surface area (Å²) >= 11 is 0. The molecule has 1 aliphatic rings. The van der Waals surface area contributed by atoms with Gasteiger partial charge in [-0.05, 0) is 17.7 Å². The smallest absolute Gasteiger partial charge is 0.308 e. The Kier molecular flexibility index (Phi) is 6.26. The number of hydrogen-bond acceptors (Lipinski definition) is 5. The van der Waals surface area contributed by atoms with Crippen LogP contribution in [0, 0.1) is 0 Å². The minimum Gasteiger partial charge on any atom is -0.488 e. The third-order valence-electron chi connectivity index (χ3n) is 4.53. The zero-order chi connectivity index (χ0) is 19.9. The minimum absolute atomic E-state index is 0.193. The lowest BCUT2D eigenvalue weighted by Gasteiger charge is -2.34. The second-order valence-electron chi connectivity index (χ2n) is 6.36. The van der Waals surface area contributed by atoms with Crippen molar-refractivity contribution in [3.63, 3.8) is 0 Å². The Morgan fingerprint density at radius 2 is 1.82 bits per heavy atom. The minimum atomic E-state index is -0.907. The number of nitrogens with zero attached hydrogens (tertiary/aromatic N) is 1. The van der Waals surface area contributed by atoms with E-state index in [4.69, 9.17) is 4.74 Å². The topological polar surface area (TPSA) is 84.9 Å². The normalized spacial score (nSPS) is 16.2. The van der Waals surface area contributed by atoms with E-state index in [1.807, 2.05) is 30.3 Å². The van der Waals surface area contributed by atoms with Gasteiger partial charge in [0.15, 0.2) is 0 Å². The van der Waals surface area contributed by atoms with Crippen molar-refractivity contribution in [3.05, 3.63) is 65.7 Å². The fourth-order valence-corrected chi connectivity index (χ4v) is 3.06. The highest BCUT2D eigenvalue weighted by atomic mass is 16.5. The molecule has 3 rings (SSSR count). The first-order chi connectivity index (χ1) is 13.6. The van der Waals surface area contributed by atoms with Crippen LogP contribution in [-0.4, -0.2) is 48.9 Å². The number of benzene rings is 2. The van der Waals surface area contributed by atoms with Crippen LogP contribution in [0.15, 0.2) is 54.6 Å². The van der Waals surface area contributed by atoms with E-state index in [0.29, 0.717) is 31.0 Å². The van der Waals surface area contributed by atoms with E-state index < -0.39 is 12.0 Å². The second kappa shape index (κ2) is 9.03. The van der Waals surface area contributed by atoms with E-state index in [2.05, 4.69) is 10.1 Å². The molecule has 28 heavy (non-hydrogen) atoms. The third-order valence-corrected chi connectivity index (χ3v) is 4.53. The maximum Gasteiger partial charge on any atom is 0.308 e. The zero-order valence-electron chi connectivity index (χ0n) is 15.6. The predicted octanol–water partition coefficient (Wildman–Crippen LogP) is 1.77. The van der Waals surface area contributed by atoms with Gasteiger partial charge in [0, 0.05) is 13.1 Å². The summed E-state index contributed by atoms with van der Waals surface area (Å²) in [4.78, 5) is 38.5.